The minimum Gasteiger partial charge on any atom is -0.358 e. The molecule has 0 saturated heterocycles. The van der Waals surface area contributed by atoms with Crippen LogP contribution in [0.3, 0.4) is 0 Å². The van der Waals surface area contributed by atoms with Crippen molar-refractivity contribution in [2.45, 2.75) is 31.7 Å². The zero-order valence-corrected chi connectivity index (χ0v) is 15.4. The lowest BCUT2D eigenvalue weighted by molar-refractivity contribution is -0.384. The van der Waals surface area contributed by atoms with Crippen LogP contribution in [-0.2, 0) is 19.3 Å². The first-order valence-electron chi connectivity index (χ1n) is 9.42. The lowest BCUT2D eigenvalue weighted by atomic mass is 9.92. The van der Waals surface area contributed by atoms with Gasteiger partial charge in [-0.3, -0.25) is 14.9 Å². The van der Waals surface area contributed by atoms with Crippen molar-refractivity contribution in [3.05, 3.63) is 75.0 Å². The first-order valence-corrected chi connectivity index (χ1v) is 9.42. The molecule has 0 spiro atoms. The number of nitro groups is 1. The van der Waals surface area contributed by atoms with Gasteiger partial charge < -0.3 is 16.0 Å². The zero-order chi connectivity index (χ0) is 19.7. The first kappa shape index (κ1) is 18.2. The number of benzene rings is 2. The van der Waals surface area contributed by atoms with E-state index in [4.69, 9.17) is 5.73 Å². The van der Waals surface area contributed by atoms with Crippen molar-refractivity contribution in [1.82, 2.24) is 10.3 Å². The van der Waals surface area contributed by atoms with E-state index >= 15 is 0 Å². The molecule has 1 heterocycles. The fraction of sp³-hybridized carbons (Fsp3) is 0.286. The average molecular weight is 378 g/mol. The number of aromatic amines is 1. The van der Waals surface area contributed by atoms with Crippen LogP contribution in [-0.4, -0.2) is 28.4 Å². The molecule has 2 aromatic carbocycles. The van der Waals surface area contributed by atoms with Gasteiger partial charge in [-0.15, -0.1) is 0 Å². The van der Waals surface area contributed by atoms with Gasteiger partial charge in [0.25, 0.3) is 11.6 Å². The summed E-state index contributed by atoms with van der Waals surface area (Å²) in [6.07, 6.45) is 3.37. The molecule has 0 aliphatic heterocycles. The second kappa shape index (κ2) is 7.44. The summed E-state index contributed by atoms with van der Waals surface area (Å²) in [4.78, 5) is 26.3. The number of hydrogen-bond acceptors (Lipinski definition) is 4. The maximum atomic E-state index is 12.5. The quantitative estimate of drug-likeness (QED) is 0.468. The van der Waals surface area contributed by atoms with Crippen LogP contribution in [0.5, 0.6) is 0 Å². The third kappa shape index (κ3) is 3.61. The molecule has 4 N–H and O–H groups in total. The number of nitro benzene ring substituents is 1. The summed E-state index contributed by atoms with van der Waals surface area (Å²) in [5.74, 6) is -0.126. The highest BCUT2D eigenvalue weighted by Crippen LogP contribution is 2.29. The van der Waals surface area contributed by atoms with Gasteiger partial charge in [-0.25, -0.2) is 0 Å². The molecule has 1 aliphatic rings. The predicted octanol–water partition coefficient (Wildman–Crippen LogP) is 2.86. The minimum absolute atomic E-state index is 0.0654. The summed E-state index contributed by atoms with van der Waals surface area (Å²) in [7, 11) is 0. The molecule has 1 aromatic heterocycles. The summed E-state index contributed by atoms with van der Waals surface area (Å²) in [6, 6.07) is 12.3. The summed E-state index contributed by atoms with van der Waals surface area (Å²) in [6.45, 7) is 0.463. The number of aryl methyl sites for hydroxylation is 1. The van der Waals surface area contributed by atoms with Gasteiger partial charge in [0.2, 0.25) is 0 Å². The highest BCUT2D eigenvalue weighted by molar-refractivity contribution is 5.99. The van der Waals surface area contributed by atoms with Crippen molar-refractivity contribution >= 4 is 22.5 Å². The molecule has 3 aromatic rings. The largest absolute Gasteiger partial charge is 0.358 e. The number of nitrogens with two attached hydrogens (primary N) is 1. The van der Waals surface area contributed by atoms with Gasteiger partial charge in [-0.05, 0) is 55.0 Å². The molecule has 144 valence electrons. The molecule has 1 unspecified atom stereocenters. The number of nitrogens with one attached hydrogen (secondary N) is 2. The predicted molar refractivity (Wildman–Crippen MR) is 107 cm³/mol. The molecule has 0 saturated carbocycles. The monoisotopic (exact) mass is 378 g/mol. The van der Waals surface area contributed by atoms with Gasteiger partial charge in [0.05, 0.1) is 4.92 Å². The fourth-order valence-electron chi connectivity index (χ4n) is 3.79. The van der Waals surface area contributed by atoms with E-state index in [9.17, 15) is 14.9 Å². The highest BCUT2D eigenvalue weighted by atomic mass is 16.6. The lowest BCUT2D eigenvalue weighted by Gasteiger charge is -2.18. The van der Waals surface area contributed by atoms with Crippen LogP contribution >= 0.6 is 0 Å². The third-order valence-corrected chi connectivity index (χ3v) is 5.33. The Labute approximate surface area is 162 Å². The number of carbonyl (C=O) groups is 1. The van der Waals surface area contributed by atoms with Crippen molar-refractivity contribution in [2.75, 3.05) is 6.54 Å². The Bertz CT molecular complexity index is 1040. The standard InChI is InChI=1S/C21H22N4O3/c22-15-4-8-20-18(12-15)17-11-14(3-7-19(17)24-20)21(26)23-10-9-13-1-5-16(6-2-13)25(27)28/h1-3,5-7,11,15,24H,4,8-10,12,22H2,(H,23,26). The van der Waals surface area contributed by atoms with Gasteiger partial charge in [0, 0.05) is 46.9 Å². The Balaban J connectivity index is 1.42. The van der Waals surface area contributed by atoms with Gasteiger partial charge in [0.15, 0.2) is 0 Å². The van der Waals surface area contributed by atoms with Crippen LogP contribution in [0, 0.1) is 10.1 Å². The van der Waals surface area contributed by atoms with Crippen LogP contribution in [0.4, 0.5) is 5.69 Å². The Morgan fingerprint density at radius 3 is 2.79 bits per heavy atom. The SMILES string of the molecule is NC1CCc2[nH]c3ccc(C(=O)NCCc4ccc([N+](=O)[O-])cc4)cc3c2C1. The van der Waals surface area contributed by atoms with E-state index in [2.05, 4.69) is 10.3 Å². The molecule has 0 radical (unpaired) electrons. The molecule has 4 rings (SSSR count). The smallest absolute Gasteiger partial charge is 0.269 e. The van der Waals surface area contributed by atoms with Crippen molar-refractivity contribution < 1.29 is 9.72 Å². The second-order valence-corrected chi connectivity index (χ2v) is 7.27. The summed E-state index contributed by atoms with van der Waals surface area (Å²) < 4.78 is 0. The van der Waals surface area contributed by atoms with Crippen molar-refractivity contribution in [3.63, 3.8) is 0 Å². The van der Waals surface area contributed by atoms with Gasteiger partial charge in [-0.2, -0.15) is 0 Å². The molecular weight excluding hydrogens is 356 g/mol. The Hall–Kier alpha value is -3.19. The molecule has 1 amide bonds. The Morgan fingerprint density at radius 1 is 1.25 bits per heavy atom. The molecule has 28 heavy (non-hydrogen) atoms. The van der Waals surface area contributed by atoms with Gasteiger partial charge >= 0.3 is 0 Å². The average Bonchev–Trinajstić information content (AvgIpc) is 3.05. The number of rotatable bonds is 5. The molecule has 7 heteroatoms. The van der Waals surface area contributed by atoms with Crippen LogP contribution in [0.2, 0.25) is 0 Å². The van der Waals surface area contributed by atoms with Crippen molar-refractivity contribution in [1.29, 1.82) is 0 Å². The van der Waals surface area contributed by atoms with Gasteiger partial charge in [-0.1, -0.05) is 12.1 Å². The highest BCUT2D eigenvalue weighted by Gasteiger charge is 2.20. The summed E-state index contributed by atoms with van der Waals surface area (Å²) in [5, 5.41) is 14.7. The van der Waals surface area contributed by atoms with Crippen LogP contribution in [0.25, 0.3) is 10.9 Å². The molecule has 1 atom stereocenters. The number of fused-ring (bicyclic) bond motifs is 3. The number of carbonyl (C=O) groups excluding carboxylic acids is 1. The number of H-pyrrole nitrogens is 1. The van der Waals surface area contributed by atoms with E-state index in [0.717, 1.165) is 35.7 Å². The number of nitrogens with zero attached hydrogens (tertiary/aromatic N) is 1. The molecular formula is C21H22N4O3. The molecule has 0 fully saturated rings. The fourth-order valence-corrected chi connectivity index (χ4v) is 3.79. The maximum Gasteiger partial charge on any atom is 0.269 e. The van der Waals surface area contributed by atoms with E-state index < -0.39 is 4.92 Å². The Kier molecular flexibility index (Phi) is 4.83. The number of non-ortho nitro benzene ring substituents is 1. The second-order valence-electron chi connectivity index (χ2n) is 7.27. The van der Waals surface area contributed by atoms with Crippen molar-refractivity contribution in [2.24, 2.45) is 5.73 Å². The zero-order valence-electron chi connectivity index (χ0n) is 15.4. The molecule has 7 nitrogen and oxygen atoms in total. The first-order chi connectivity index (χ1) is 13.5. The maximum absolute atomic E-state index is 12.5. The van der Waals surface area contributed by atoms with E-state index in [-0.39, 0.29) is 17.6 Å². The van der Waals surface area contributed by atoms with Crippen LogP contribution < -0.4 is 11.1 Å². The summed E-state index contributed by atoms with van der Waals surface area (Å²) >= 11 is 0. The Morgan fingerprint density at radius 2 is 2.04 bits per heavy atom. The van der Waals surface area contributed by atoms with Crippen molar-refractivity contribution in [3.8, 4) is 0 Å². The topological polar surface area (TPSA) is 114 Å². The third-order valence-electron chi connectivity index (χ3n) is 5.33. The minimum atomic E-state index is -0.422. The van der Waals surface area contributed by atoms with E-state index in [0.29, 0.717) is 18.5 Å². The normalized spacial score (nSPS) is 16.0. The number of aromatic nitrogens is 1. The number of hydrogen-bond donors (Lipinski definition) is 3. The summed E-state index contributed by atoms with van der Waals surface area (Å²) in [5.41, 5.74) is 11.2. The lowest BCUT2D eigenvalue weighted by Crippen LogP contribution is -2.27. The van der Waals surface area contributed by atoms with Crippen LogP contribution in [0.1, 0.15) is 33.6 Å². The molecule has 1 aliphatic carbocycles. The molecule has 0 bridgehead atoms. The number of amides is 1. The van der Waals surface area contributed by atoms with Gasteiger partial charge in [0.1, 0.15) is 0 Å². The van der Waals surface area contributed by atoms with E-state index in [1.165, 1.54) is 23.4 Å². The van der Waals surface area contributed by atoms with Crippen LogP contribution in [0.15, 0.2) is 42.5 Å². The van der Waals surface area contributed by atoms with E-state index in [1.807, 2.05) is 18.2 Å². The van der Waals surface area contributed by atoms with E-state index in [1.54, 1.807) is 12.1 Å².